The molecule has 6 aliphatic rings. The molecule has 0 saturated heterocycles. The number of hydrogen-bond donors (Lipinski definition) is 4. The molecule has 0 spiro atoms. The topological polar surface area (TPSA) is 301 Å². The standard InChI is InChI=1S/C90H90O21S/c1-87(84(97)98,75-62(34-41-69(104-3)79(75)108-7)61-20-15-21-63-64(61)45-111-83(63)96)46-88(112-10,74(47-16-11-12-17-47)73(82(94)95)72-58(31-38-68(103-2)78(72)107-6)51-22-28-55-48(42-51)25-35-65(55)91)90(86(101)102,77-60(33-40-71(106-5)81(77)110-9)53-24-30-57-50(44-53)27-37-67(57)93)89(85(99)100,54-18-13-14-19-54)76-59(32-39-70(105-4)80(76)109-8)52-23-29-56-49(43-52)26-36-66(56)92/h15,20-24,28-34,38-44,47,54,73-74H,11-14,16-19,25-27,35-37,45-46H2,1-10H3,(H,94,95)(H,97,98)(H,99,100)(H,101,102). The van der Waals surface area contributed by atoms with Gasteiger partial charge in [-0.2, -0.15) is 11.8 Å². The number of esters is 1. The summed E-state index contributed by atoms with van der Waals surface area (Å²) in [5.41, 5.74) is -4.60. The van der Waals surface area contributed by atoms with Gasteiger partial charge in [0.15, 0.2) is 63.3 Å². The van der Waals surface area contributed by atoms with Crippen LogP contribution < -0.4 is 37.9 Å². The van der Waals surface area contributed by atoms with E-state index in [4.69, 9.17) is 42.6 Å². The van der Waals surface area contributed by atoms with E-state index < -0.39 is 80.9 Å². The van der Waals surface area contributed by atoms with Gasteiger partial charge in [-0.15, -0.1) is 0 Å². The van der Waals surface area contributed by atoms with E-state index in [1.807, 2.05) is 6.07 Å². The first kappa shape index (κ1) is 77.6. The van der Waals surface area contributed by atoms with E-state index in [0.29, 0.717) is 94.2 Å². The van der Waals surface area contributed by atoms with Gasteiger partial charge in [0.25, 0.3) is 0 Å². The number of aliphatic carboxylic acids is 4. The Balaban J connectivity index is 1.30. The number of hydrogen-bond acceptors (Lipinski definition) is 18. The van der Waals surface area contributed by atoms with Gasteiger partial charge in [0.1, 0.15) is 17.4 Å². The number of carbonyl (C=O) groups excluding carboxylic acids is 4. The van der Waals surface area contributed by atoms with E-state index in [1.54, 1.807) is 122 Å². The smallest absolute Gasteiger partial charge is 0.338 e. The molecule has 0 aromatic heterocycles. The molecule has 8 aromatic carbocycles. The molecule has 8 aromatic rings. The van der Waals surface area contributed by atoms with E-state index >= 15 is 24.3 Å². The zero-order valence-corrected chi connectivity index (χ0v) is 65.1. The Hall–Kier alpha value is -11.1. The highest BCUT2D eigenvalue weighted by Gasteiger charge is 2.81. The van der Waals surface area contributed by atoms with E-state index in [-0.39, 0.29) is 177 Å². The van der Waals surface area contributed by atoms with Crippen LogP contribution in [0, 0.1) is 17.8 Å². The van der Waals surface area contributed by atoms with Gasteiger partial charge in [0.2, 0.25) is 0 Å². The van der Waals surface area contributed by atoms with Gasteiger partial charge in [-0.05, 0) is 161 Å². The second kappa shape index (κ2) is 30.5. The van der Waals surface area contributed by atoms with Crippen LogP contribution in [-0.2, 0) is 66.0 Å². The summed E-state index contributed by atoms with van der Waals surface area (Å²) in [6, 6.07) is 33.3. The van der Waals surface area contributed by atoms with Crippen molar-refractivity contribution in [3.05, 3.63) is 188 Å². The van der Waals surface area contributed by atoms with Crippen LogP contribution in [0.5, 0.6) is 46.0 Å². The minimum absolute atomic E-state index is 0.00456. The molecule has 0 bridgehead atoms. The minimum atomic E-state index is -3.51. The molecular formula is C90H90O21S. The number of thioether (sulfide) groups is 1. The SMILES string of the molecule is COc1ccc(-c2ccc3c(c2)CCC3=O)c(C(C(=O)O)C(C2CCCC2)C(CC(C)(C(=O)O)c2c(-c3cccc4c3COC4=O)ccc(OC)c2OC)(SC)C(C(=O)O)(c2c(-c3ccc4c(c3)CCC4=O)ccc(OC)c2OC)C(C(=O)O)(c2c(-c3ccc4c(c3)CCC4=O)ccc(OC)c2OC)C2CCCC2)c1OC. The van der Waals surface area contributed by atoms with Crippen LogP contribution in [0.15, 0.2) is 121 Å². The second-order valence-electron chi connectivity index (χ2n) is 30.2. The predicted octanol–water partition coefficient (Wildman–Crippen LogP) is 16.2. The van der Waals surface area contributed by atoms with Crippen LogP contribution in [0.2, 0.25) is 0 Å². The largest absolute Gasteiger partial charge is 0.493 e. The Labute approximate surface area is 653 Å². The number of benzene rings is 8. The number of carbonyl (C=O) groups is 8. The van der Waals surface area contributed by atoms with Gasteiger partial charge in [-0.1, -0.05) is 130 Å². The van der Waals surface area contributed by atoms with Gasteiger partial charge in [-0.3, -0.25) is 33.6 Å². The average molecular weight is 1540 g/mol. The van der Waals surface area contributed by atoms with Crippen LogP contribution in [0.4, 0.5) is 0 Å². The highest BCUT2D eigenvalue weighted by molar-refractivity contribution is 8.00. The first-order chi connectivity index (χ1) is 54.0. The fourth-order valence-corrected chi connectivity index (χ4v) is 22.3. The molecule has 4 N–H and O–H groups in total. The van der Waals surface area contributed by atoms with Crippen molar-refractivity contribution in [2.24, 2.45) is 17.8 Å². The molecule has 5 aliphatic carbocycles. The summed E-state index contributed by atoms with van der Waals surface area (Å²) in [6.45, 7) is 1.16. The number of aryl methyl sites for hydroxylation is 3. The third kappa shape index (κ3) is 11.8. The Morgan fingerprint density at radius 3 is 1.32 bits per heavy atom. The lowest BCUT2D eigenvalue weighted by atomic mass is 9.40. The maximum atomic E-state index is 18.8. The molecule has 582 valence electrons. The molecule has 6 unspecified atom stereocenters. The predicted molar refractivity (Wildman–Crippen MR) is 419 cm³/mol. The number of ketones is 3. The number of rotatable bonds is 29. The molecule has 14 rings (SSSR count). The molecule has 2 saturated carbocycles. The van der Waals surface area contributed by atoms with Crippen molar-refractivity contribution in [2.75, 3.05) is 63.1 Å². The second-order valence-corrected chi connectivity index (χ2v) is 31.3. The van der Waals surface area contributed by atoms with Gasteiger partial charge >= 0.3 is 29.8 Å². The summed E-state index contributed by atoms with van der Waals surface area (Å²) in [5.74, 6) is -15.2. The zero-order chi connectivity index (χ0) is 79.6. The van der Waals surface area contributed by atoms with Crippen LogP contribution in [-0.4, -0.2) is 136 Å². The van der Waals surface area contributed by atoms with Crippen molar-refractivity contribution < 1.29 is 101 Å². The fraction of sp³-hybridized carbons (Fsp3) is 0.378. The first-order valence-electron chi connectivity index (χ1n) is 37.8. The lowest BCUT2D eigenvalue weighted by molar-refractivity contribution is -0.169. The van der Waals surface area contributed by atoms with Gasteiger partial charge in [-0.25, -0.2) is 4.79 Å². The molecule has 112 heavy (non-hydrogen) atoms. The third-order valence-electron chi connectivity index (χ3n) is 25.3. The van der Waals surface area contributed by atoms with E-state index in [0.717, 1.165) is 11.8 Å². The normalized spacial score (nSPS) is 17.8. The molecule has 1 heterocycles. The van der Waals surface area contributed by atoms with Gasteiger partial charge < -0.3 is 63.1 Å². The number of Topliss-reactive ketones (excluding diaryl/α,β-unsaturated/α-hetero) is 3. The molecule has 0 radical (unpaired) electrons. The monoisotopic (exact) mass is 1540 g/mol. The van der Waals surface area contributed by atoms with Crippen molar-refractivity contribution >= 4 is 59.0 Å². The van der Waals surface area contributed by atoms with Crippen LogP contribution in [0.1, 0.15) is 176 Å². The average Bonchev–Trinajstić information content (AvgIpc) is 0.815. The summed E-state index contributed by atoms with van der Waals surface area (Å²) in [7, 11) is 10.8. The van der Waals surface area contributed by atoms with Crippen LogP contribution in [0.3, 0.4) is 0 Å². The summed E-state index contributed by atoms with van der Waals surface area (Å²) < 4.78 is 54.9. The Kier molecular flexibility index (Phi) is 21.1. The van der Waals surface area contributed by atoms with Crippen molar-refractivity contribution in [1.82, 2.24) is 0 Å². The molecule has 22 heteroatoms. The summed E-state index contributed by atoms with van der Waals surface area (Å²) in [6.07, 6.45) is 3.73. The summed E-state index contributed by atoms with van der Waals surface area (Å²) in [4.78, 5) is 126. The van der Waals surface area contributed by atoms with Gasteiger partial charge in [0, 0.05) is 68.5 Å². The molecule has 0 amide bonds. The maximum Gasteiger partial charge on any atom is 0.338 e. The number of methoxy groups -OCH3 is 8. The number of ether oxygens (including phenoxy) is 9. The lowest BCUT2D eigenvalue weighted by Gasteiger charge is -2.63. The van der Waals surface area contributed by atoms with Crippen LogP contribution >= 0.6 is 11.8 Å². The van der Waals surface area contributed by atoms with Crippen molar-refractivity contribution in [1.29, 1.82) is 0 Å². The maximum absolute atomic E-state index is 18.8. The molecular weight excluding hydrogens is 1450 g/mol. The lowest BCUT2D eigenvalue weighted by Crippen LogP contribution is -2.75. The molecule has 6 atom stereocenters. The van der Waals surface area contributed by atoms with Crippen molar-refractivity contribution in [2.45, 2.75) is 137 Å². The first-order valence-corrected chi connectivity index (χ1v) is 39.0. The quantitative estimate of drug-likeness (QED) is 0.0317. The Morgan fingerprint density at radius 2 is 0.875 bits per heavy atom. The van der Waals surface area contributed by atoms with Crippen molar-refractivity contribution in [3.63, 3.8) is 0 Å². The Bertz CT molecular complexity index is 5220. The fourth-order valence-electron chi connectivity index (χ4n) is 20.6. The molecule has 21 nitrogen and oxygen atoms in total. The van der Waals surface area contributed by atoms with Crippen molar-refractivity contribution in [3.8, 4) is 90.5 Å². The number of carboxylic acid groups (broad SMARTS) is 4. The van der Waals surface area contributed by atoms with E-state index in [9.17, 15) is 34.5 Å². The summed E-state index contributed by atoms with van der Waals surface area (Å²) in [5, 5.41) is 57.1. The summed E-state index contributed by atoms with van der Waals surface area (Å²) >= 11 is 0.837. The Morgan fingerprint density at radius 1 is 0.455 bits per heavy atom. The highest BCUT2D eigenvalue weighted by atomic mass is 32.2. The molecule has 1 aliphatic heterocycles. The van der Waals surface area contributed by atoms with E-state index in [1.165, 1.54) is 63.8 Å². The minimum Gasteiger partial charge on any atom is -0.493 e. The number of carboxylic acids is 4. The highest BCUT2D eigenvalue weighted by Crippen LogP contribution is 2.74. The molecule has 2 fully saturated rings. The number of cyclic esters (lactones) is 1. The zero-order valence-electron chi connectivity index (χ0n) is 64.3. The van der Waals surface area contributed by atoms with Gasteiger partial charge in [0.05, 0.1) is 73.8 Å². The third-order valence-corrected chi connectivity index (χ3v) is 26.7. The van der Waals surface area contributed by atoms with Crippen LogP contribution in [0.25, 0.3) is 44.5 Å². The van der Waals surface area contributed by atoms with E-state index in [2.05, 4.69) is 0 Å². The number of fused-ring (bicyclic) bond motifs is 4.